The van der Waals surface area contributed by atoms with Crippen LogP contribution in [0.3, 0.4) is 0 Å². The molecule has 4 nitrogen and oxygen atoms in total. The third-order valence-corrected chi connectivity index (χ3v) is 3.92. The molecule has 2 atom stereocenters. The molecule has 0 aromatic heterocycles. The number of hydrogen-bond donors (Lipinski definition) is 0. The Morgan fingerprint density at radius 2 is 0.950 bits per heavy atom. The van der Waals surface area contributed by atoms with Crippen LogP contribution in [0, 0.1) is 9.81 Å². The normalized spacial score (nSPS) is 13.9. The SMILES string of the molecule is CCCCCCCC(N=O)C(CCCCCCC)N=O. The maximum Gasteiger partial charge on any atom is 0.118 e. The summed E-state index contributed by atoms with van der Waals surface area (Å²) in [5.74, 6) is 0. The van der Waals surface area contributed by atoms with Gasteiger partial charge in [-0.3, -0.25) is 0 Å². The summed E-state index contributed by atoms with van der Waals surface area (Å²) >= 11 is 0. The molecule has 0 aliphatic carbocycles. The highest BCUT2D eigenvalue weighted by Gasteiger charge is 2.22. The van der Waals surface area contributed by atoms with Crippen LogP contribution in [0.15, 0.2) is 10.4 Å². The van der Waals surface area contributed by atoms with Gasteiger partial charge in [-0.1, -0.05) is 88.4 Å². The molecule has 2 unspecified atom stereocenters. The van der Waals surface area contributed by atoms with E-state index < -0.39 is 12.1 Å². The predicted molar refractivity (Wildman–Crippen MR) is 85.9 cm³/mol. The van der Waals surface area contributed by atoms with Gasteiger partial charge in [0.1, 0.15) is 12.1 Å². The van der Waals surface area contributed by atoms with Crippen molar-refractivity contribution in [3.05, 3.63) is 9.81 Å². The molecule has 0 bridgehead atoms. The minimum atomic E-state index is -0.402. The van der Waals surface area contributed by atoms with Crippen LogP contribution in [-0.4, -0.2) is 12.1 Å². The summed E-state index contributed by atoms with van der Waals surface area (Å²) in [5, 5.41) is 6.30. The minimum absolute atomic E-state index is 0.402. The first kappa shape index (κ1) is 19.2. The number of unbranched alkanes of at least 4 members (excludes halogenated alkanes) is 8. The third-order valence-electron chi connectivity index (χ3n) is 3.92. The molecule has 0 saturated heterocycles. The van der Waals surface area contributed by atoms with Gasteiger partial charge in [-0.25, -0.2) is 0 Å². The summed E-state index contributed by atoms with van der Waals surface area (Å²) in [7, 11) is 0. The molecular weight excluding hydrogens is 252 g/mol. The van der Waals surface area contributed by atoms with E-state index in [4.69, 9.17) is 0 Å². The quantitative estimate of drug-likeness (QED) is 0.274. The van der Waals surface area contributed by atoms with Gasteiger partial charge in [0, 0.05) is 0 Å². The number of rotatable bonds is 15. The zero-order valence-corrected chi connectivity index (χ0v) is 13.4. The third kappa shape index (κ3) is 10.0. The maximum absolute atomic E-state index is 10.9. The Balaban J connectivity index is 3.84. The zero-order chi connectivity index (χ0) is 15.1. The largest absolute Gasteiger partial charge is 0.150 e. The van der Waals surface area contributed by atoms with Crippen molar-refractivity contribution >= 4 is 0 Å². The van der Waals surface area contributed by atoms with E-state index in [0.717, 1.165) is 38.5 Å². The summed E-state index contributed by atoms with van der Waals surface area (Å²) < 4.78 is 0. The van der Waals surface area contributed by atoms with Crippen LogP contribution < -0.4 is 0 Å². The molecule has 0 radical (unpaired) electrons. The Morgan fingerprint density at radius 3 is 1.25 bits per heavy atom. The Bertz CT molecular complexity index is 211. The highest BCUT2D eigenvalue weighted by Crippen LogP contribution is 2.19. The smallest absolute Gasteiger partial charge is 0.118 e. The van der Waals surface area contributed by atoms with E-state index in [9.17, 15) is 9.81 Å². The zero-order valence-electron chi connectivity index (χ0n) is 13.4. The highest BCUT2D eigenvalue weighted by molar-refractivity contribution is 4.81. The van der Waals surface area contributed by atoms with Crippen LogP contribution in [-0.2, 0) is 0 Å². The van der Waals surface area contributed by atoms with Gasteiger partial charge >= 0.3 is 0 Å². The van der Waals surface area contributed by atoms with Gasteiger partial charge < -0.3 is 0 Å². The summed E-state index contributed by atoms with van der Waals surface area (Å²) in [4.78, 5) is 21.8. The molecule has 0 N–H and O–H groups in total. The van der Waals surface area contributed by atoms with Crippen LogP contribution in [0.25, 0.3) is 0 Å². The lowest BCUT2D eigenvalue weighted by atomic mass is 9.97. The van der Waals surface area contributed by atoms with Gasteiger partial charge in [0.15, 0.2) is 0 Å². The Hall–Kier alpha value is -0.800. The van der Waals surface area contributed by atoms with E-state index in [1.54, 1.807) is 0 Å². The second kappa shape index (κ2) is 14.6. The fourth-order valence-electron chi connectivity index (χ4n) is 2.54. The fourth-order valence-corrected chi connectivity index (χ4v) is 2.54. The van der Waals surface area contributed by atoms with Crippen molar-refractivity contribution in [1.29, 1.82) is 0 Å². The van der Waals surface area contributed by atoms with Gasteiger partial charge in [0.2, 0.25) is 0 Å². The molecule has 0 aromatic rings. The van der Waals surface area contributed by atoms with Crippen molar-refractivity contribution in [3.63, 3.8) is 0 Å². The maximum atomic E-state index is 10.9. The molecule has 20 heavy (non-hydrogen) atoms. The van der Waals surface area contributed by atoms with E-state index in [1.165, 1.54) is 38.5 Å². The average Bonchev–Trinajstić information content (AvgIpc) is 2.48. The standard InChI is InChI=1S/C16H32N2O2/c1-3-5-7-9-11-13-15(17-19)16(18-20)14-12-10-8-6-4-2/h15-16H,3-14H2,1-2H3. The van der Waals surface area contributed by atoms with E-state index in [1.807, 2.05) is 0 Å². The topological polar surface area (TPSA) is 58.9 Å². The van der Waals surface area contributed by atoms with Crippen molar-refractivity contribution in [2.75, 3.05) is 0 Å². The number of nitroso groups, excluding NO2 is 2. The first-order chi connectivity index (χ1) is 9.79. The molecule has 118 valence electrons. The minimum Gasteiger partial charge on any atom is -0.150 e. The Labute approximate surface area is 124 Å². The number of hydrogen-bond acceptors (Lipinski definition) is 4. The molecule has 0 fully saturated rings. The van der Waals surface area contributed by atoms with E-state index in [-0.39, 0.29) is 0 Å². The van der Waals surface area contributed by atoms with Gasteiger partial charge in [-0.2, -0.15) is 9.81 Å². The van der Waals surface area contributed by atoms with Crippen LogP contribution in [0.5, 0.6) is 0 Å². The molecule has 0 amide bonds. The van der Waals surface area contributed by atoms with E-state index in [0.29, 0.717) is 0 Å². The molecule has 0 aromatic carbocycles. The first-order valence-electron chi connectivity index (χ1n) is 8.45. The van der Waals surface area contributed by atoms with Crippen LogP contribution >= 0.6 is 0 Å². The molecule has 0 aliphatic heterocycles. The second-order valence-electron chi connectivity index (χ2n) is 5.75. The molecular formula is C16H32N2O2. The van der Waals surface area contributed by atoms with Crippen LogP contribution in [0.4, 0.5) is 0 Å². The van der Waals surface area contributed by atoms with Crippen molar-refractivity contribution in [1.82, 2.24) is 0 Å². The van der Waals surface area contributed by atoms with Crippen molar-refractivity contribution < 1.29 is 0 Å². The lowest BCUT2D eigenvalue weighted by molar-refractivity contribution is 0.430. The van der Waals surface area contributed by atoms with Gasteiger partial charge in [0.05, 0.1) is 0 Å². The molecule has 0 rings (SSSR count). The monoisotopic (exact) mass is 284 g/mol. The van der Waals surface area contributed by atoms with Gasteiger partial charge in [0.25, 0.3) is 0 Å². The molecule has 4 heteroatoms. The van der Waals surface area contributed by atoms with Crippen LogP contribution in [0.2, 0.25) is 0 Å². The van der Waals surface area contributed by atoms with Crippen molar-refractivity contribution in [3.8, 4) is 0 Å². The highest BCUT2D eigenvalue weighted by atomic mass is 16.3. The molecule has 0 spiro atoms. The van der Waals surface area contributed by atoms with E-state index >= 15 is 0 Å². The lowest BCUT2D eigenvalue weighted by Gasteiger charge is -2.14. The Morgan fingerprint density at radius 1 is 0.600 bits per heavy atom. The summed E-state index contributed by atoms with van der Waals surface area (Å²) in [6, 6.07) is -0.805. The van der Waals surface area contributed by atoms with E-state index in [2.05, 4.69) is 24.2 Å². The van der Waals surface area contributed by atoms with Gasteiger partial charge in [-0.15, -0.1) is 0 Å². The Kier molecular flexibility index (Phi) is 14.0. The van der Waals surface area contributed by atoms with Crippen LogP contribution in [0.1, 0.15) is 90.9 Å². The molecule has 0 saturated carbocycles. The van der Waals surface area contributed by atoms with Crippen molar-refractivity contribution in [2.45, 2.75) is 103 Å². The lowest BCUT2D eigenvalue weighted by Crippen LogP contribution is -2.22. The summed E-state index contributed by atoms with van der Waals surface area (Å²) in [6.45, 7) is 4.36. The average molecular weight is 284 g/mol. The fraction of sp³-hybridized carbons (Fsp3) is 1.00. The molecule has 0 heterocycles. The van der Waals surface area contributed by atoms with Gasteiger partial charge in [-0.05, 0) is 12.8 Å². The second-order valence-corrected chi connectivity index (χ2v) is 5.75. The summed E-state index contributed by atoms with van der Waals surface area (Å²) in [5.41, 5.74) is 0. The summed E-state index contributed by atoms with van der Waals surface area (Å²) in [6.07, 6.45) is 13.0. The van der Waals surface area contributed by atoms with Crippen molar-refractivity contribution in [2.24, 2.45) is 10.4 Å². The number of nitrogens with zero attached hydrogens (tertiary/aromatic N) is 2. The molecule has 0 aliphatic rings. The first-order valence-corrected chi connectivity index (χ1v) is 8.45. The predicted octanol–water partition coefficient (Wildman–Crippen LogP) is 5.98.